The molecule has 0 fully saturated rings. The van der Waals surface area contributed by atoms with Gasteiger partial charge < -0.3 is 0 Å². The molecular formula is C26H37. The van der Waals surface area contributed by atoms with Gasteiger partial charge in [-0.05, 0) is 62.1 Å². The maximum Gasteiger partial charge on any atom is -0.0108 e. The van der Waals surface area contributed by atoms with Gasteiger partial charge in [-0.25, -0.2) is 0 Å². The van der Waals surface area contributed by atoms with Gasteiger partial charge in [-0.3, -0.25) is 0 Å². The molecule has 2 aromatic carbocycles. The Morgan fingerprint density at radius 2 is 1.19 bits per heavy atom. The van der Waals surface area contributed by atoms with E-state index in [9.17, 15) is 0 Å². The summed E-state index contributed by atoms with van der Waals surface area (Å²) in [5, 5.41) is 0. The summed E-state index contributed by atoms with van der Waals surface area (Å²) in [4.78, 5) is 0. The number of benzene rings is 2. The molecule has 0 amide bonds. The summed E-state index contributed by atoms with van der Waals surface area (Å²) >= 11 is 0. The molecule has 0 N–H and O–H groups in total. The lowest BCUT2D eigenvalue weighted by Crippen LogP contribution is -2.17. The highest BCUT2D eigenvalue weighted by Gasteiger charge is 2.23. The fraction of sp³-hybridized carbons (Fsp3) is 0.538. The van der Waals surface area contributed by atoms with Gasteiger partial charge in [0, 0.05) is 0 Å². The van der Waals surface area contributed by atoms with E-state index in [-0.39, 0.29) is 10.8 Å². The summed E-state index contributed by atoms with van der Waals surface area (Å²) in [7, 11) is 0. The van der Waals surface area contributed by atoms with Crippen LogP contribution in [0.1, 0.15) is 103 Å². The number of hydrogen-bond donors (Lipinski definition) is 0. The first-order chi connectivity index (χ1) is 11.8. The van der Waals surface area contributed by atoms with Crippen LogP contribution in [-0.2, 0) is 10.8 Å². The minimum absolute atomic E-state index is 0.103. The van der Waals surface area contributed by atoms with E-state index >= 15 is 0 Å². The third-order valence-electron chi connectivity index (χ3n) is 5.16. The van der Waals surface area contributed by atoms with Crippen LogP contribution in [0.25, 0.3) is 11.1 Å². The molecule has 0 unspecified atom stereocenters. The lowest BCUT2D eigenvalue weighted by atomic mass is 9.76. The van der Waals surface area contributed by atoms with E-state index in [1.54, 1.807) is 0 Å². The average Bonchev–Trinajstić information content (AvgIpc) is 2.52. The summed E-state index contributed by atoms with van der Waals surface area (Å²) < 4.78 is 0. The second kappa shape index (κ2) is 7.22. The van der Waals surface area contributed by atoms with Crippen molar-refractivity contribution in [3.8, 4) is 11.1 Å². The Bertz CT molecular complexity index is 735. The van der Waals surface area contributed by atoms with Gasteiger partial charge in [0.1, 0.15) is 0 Å². The zero-order valence-electron chi connectivity index (χ0n) is 18.5. The molecule has 0 saturated carbocycles. The molecule has 0 heteroatoms. The molecule has 2 rings (SSSR count). The maximum atomic E-state index is 3.65. The van der Waals surface area contributed by atoms with Gasteiger partial charge in [-0.2, -0.15) is 0 Å². The van der Waals surface area contributed by atoms with E-state index in [1.807, 2.05) is 0 Å². The molecule has 0 aliphatic carbocycles. The van der Waals surface area contributed by atoms with Crippen molar-refractivity contribution in [2.24, 2.45) is 0 Å². The quantitative estimate of drug-likeness (QED) is 0.526. The highest BCUT2D eigenvalue weighted by atomic mass is 14.3. The minimum atomic E-state index is 0.103. The first-order valence-corrected chi connectivity index (χ1v) is 10.0. The SMILES string of the molecule is CC(C)c1[c]c(C(C)C)cc(-c2ccc(C(C)(C)C)cc2C(C)(C)C)c1. The van der Waals surface area contributed by atoms with E-state index in [0.29, 0.717) is 11.8 Å². The predicted octanol–water partition coefficient (Wildman–Crippen LogP) is 8.00. The van der Waals surface area contributed by atoms with Crippen LogP contribution in [0.2, 0.25) is 0 Å². The highest BCUT2D eigenvalue weighted by molar-refractivity contribution is 5.71. The summed E-state index contributed by atoms with van der Waals surface area (Å²) in [6, 6.07) is 15.4. The van der Waals surface area contributed by atoms with Gasteiger partial charge in [-0.1, -0.05) is 99.6 Å². The normalized spacial score (nSPS) is 12.9. The summed E-state index contributed by atoms with van der Waals surface area (Å²) in [6.07, 6.45) is 0. The molecule has 1 radical (unpaired) electrons. The third-order valence-corrected chi connectivity index (χ3v) is 5.16. The van der Waals surface area contributed by atoms with Crippen LogP contribution in [0.15, 0.2) is 30.3 Å². The van der Waals surface area contributed by atoms with Gasteiger partial charge in [-0.15, -0.1) is 0 Å². The second-order valence-electron chi connectivity index (χ2n) is 10.3. The Balaban J connectivity index is 2.75. The van der Waals surface area contributed by atoms with Gasteiger partial charge in [0.15, 0.2) is 0 Å². The van der Waals surface area contributed by atoms with E-state index in [0.717, 1.165) is 0 Å². The van der Waals surface area contributed by atoms with Crippen LogP contribution < -0.4 is 0 Å². The molecule has 0 aliphatic heterocycles. The molecule has 0 bridgehead atoms. The van der Waals surface area contributed by atoms with Crippen molar-refractivity contribution in [3.63, 3.8) is 0 Å². The lowest BCUT2D eigenvalue weighted by Gasteiger charge is -2.28. The Morgan fingerprint density at radius 1 is 0.692 bits per heavy atom. The van der Waals surface area contributed by atoms with Crippen molar-refractivity contribution in [2.75, 3.05) is 0 Å². The molecule has 0 heterocycles. The van der Waals surface area contributed by atoms with Crippen LogP contribution >= 0.6 is 0 Å². The van der Waals surface area contributed by atoms with Crippen molar-refractivity contribution in [2.45, 2.75) is 91.9 Å². The Kier molecular flexibility index (Phi) is 5.76. The average molecular weight is 350 g/mol. The van der Waals surface area contributed by atoms with E-state index in [1.165, 1.54) is 33.4 Å². The Labute approximate surface area is 162 Å². The molecule has 141 valence electrons. The van der Waals surface area contributed by atoms with Crippen LogP contribution in [-0.4, -0.2) is 0 Å². The smallest absolute Gasteiger partial charge is 0.0108 e. The van der Waals surface area contributed by atoms with Gasteiger partial charge in [0.25, 0.3) is 0 Å². The molecule has 0 aliphatic rings. The lowest BCUT2D eigenvalue weighted by molar-refractivity contribution is 0.570. The van der Waals surface area contributed by atoms with Crippen molar-refractivity contribution in [3.05, 3.63) is 58.7 Å². The third kappa shape index (κ3) is 4.58. The largest absolute Gasteiger partial charge is 0.0587 e. The maximum absolute atomic E-state index is 3.65. The van der Waals surface area contributed by atoms with E-state index < -0.39 is 0 Å². The second-order valence-corrected chi connectivity index (χ2v) is 10.3. The fourth-order valence-corrected chi connectivity index (χ4v) is 3.28. The van der Waals surface area contributed by atoms with E-state index in [4.69, 9.17) is 0 Å². The van der Waals surface area contributed by atoms with Gasteiger partial charge in [0.2, 0.25) is 0 Å². The molecule has 0 spiro atoms. The first-order valence-electron chi connectivity index (χ1n) is 10.0. The number of hydrogen-bond acceptors (Lipinski definition) is 0. The zero-order valence-corrected chi connectivity index (χ0v) is 18.5. The molecule has 26 heavy (non-hydrogen) atoms. The highest BCUT2D eigenvalue weighted by Crippen LogP contribution is 2.38. The molecular weight excluding hydrogens is 312 g/mol. The molecule has 0 aromatic heterocycles. The molecule has 0 atom stereocenters. The topological polar surface area (TPSA) is 0 Å². The van der Waals surface area contributed by atoms with Crippen LogP contribution in [0.5, 0.6) is 0 Å². The minimum Gasteiger partial charge on any atom is -0.0587 e. The predicted molar refractivity (Wildman–Crippen MR) is 116 cm³/mol. The Hall–Kier alpha value is -1.56. The zero-order chi connectivity index (χ0) is 19.9. The molecule has 0 saturated heterocycles. The van der Waals surface area contributed by atoms with Crippen LogP contribution in [0.4, 0.5) is 0 Å². The van der Waals surface area contributed by atoms with Crippen molar-refractivity contribution < 1.29 is 0 Å². The van der Waals surface area contributed by atoms with Crippen LogP contribution in [0.3, 0.4) is 0 Å². The molecule has 2 aromatic rings. The van der Waals surface area contributed by atoms with Gasteiger partial charge in [0.05, 0.1) is 0 Å². The standard InChI is InChI=1S/C26H37/c1-17(2)19-13-20(18(3)4)15-21(14-19)23-12-11-22(25(5,6)7)16-24(23)26(8,9)10/h11-12,14-18H,1-10H3. The molecule has 0 nitrogen and oxygen atoms in total. The van der Waals surface area contributed by atoms with Gasteiger partial charge >= 0.3 is 0 Å². The van der Waals surface area contributed by atoms with Crippen LogP contribution in [0, 0.1) is 6.07 Å². The fourth-order valence-electron chi connectivity index (χ4n) is 3.28. The van der Waals surface area contributed by atoms with E-state index in [2.05, 4.69) is 106 Å². The van der Waals surface area contributed by atoms with Crippen molar-refractivity contribution in [1.82, 2.24) is 0 Å². The summed E-state index contributed by atoms with van der Waals surface area (Å²) in [6.45, 7) is 22.9. The van der Waals surface area contributed by atoms with Crippen molar-refractivity contribution in [1.29, 1.82) is 0 Å². The number of rotatable bonds is 3. The monoisotopic (exact) mass is 349 g/mol. The summed E-state index contributed by atoms with van der Waals surface area (Å²) in [5.74, 6) is 0.971. The van der Waals surface area contributed by atoms with Crippen molar-refractivity contribution >= 4 is 0 Å². The summed E-state index contributed by atoms with van der Waals surface area (Å²) in [5.41, 5.74) is 8.42. The first kappa shape index (κ1) is 20.7. The Morgan fingerprint density at radius 3 is 1.58 bits per heavy atom.